The molecule has 3 nitrogen and oxygen atoms in total. The van der Waals surface area contributed by atoms with Gasteiger partial charge in [0, 0.05) is 22.2 Å². The lowest BCUT2D eigenvalue weighted by Gasteiger charge is -2.39. The molecular weight excluding hydrogens is 370 g/mol. The molecule has 0 spiro atoms. The van der Waals surface area contributed by atoms with Crippen molar-refractivity contribution in [3.05, 3.63) is 113 Å². The summed E-state index contributed by atoms with van der Waals surface area (Å²) in [5.74, 6) is -0.482. The average molecular weight is 396 g/mol. The Bertz CT molecular complexity index is 1110. The van der Waals surface area contributed by atoms with E-state index in [1.165, 1.54) is 0 Å². The number of allylic oxidation sites excluding steroid dienone is 2. The zero-order chi connectivity index (χ0) is 21.3. The van der Waals surface area contributed by atoms with Gasteiger partial charge in [0.25, 0.3) is 5.91 Å². The van der Waals surface area contributed by atoms with Gasteiger partial charge in [-0.15, -0.1) is 0 Å². The van der Waals surface area contributed by atoms with Crippen molar-refractivity contribution in [3.8, 4) is 0 Å². The molecule has 0 saturated carbocycles. The molecule has 4 rings (SSSR count). The number of ketones is 1. The maximum Gasteiger partial charge on any atom is 0.262 e. The van der Waals surface area contributed by atoms with Gasteiger partial charge in [-0.3, -0.25) is 14.5 Å². The smallest absolute Gasteiger partial charge is 0.262 e. The van der Waals surface area contributed by atoms with Crippen LogP contribution >= 0.6 is 0 Å². The van der Waals surface area contributed by atoms with E-state index in [0.29, 0.717) is 11.1 Å². The Hall–Kier alpha value is -3.46. The number of hydrogen-bond donors (Lipinski definition) is 0. The summed E-state index contributed by atoms with van der Waals surface area (Å²) in [6, 6.07) is 26.3. The number of hydrogen-bond acceptors (Lipinski definition) is 2. The number of rotatable bonds is 3. The van der Waals surface area contributed by atoms with Gasteiger partial charge >= 0.3 is 0 Å². The molecule has 3 aromatic rings. The normalized spacial score (nSPS) is 15.9. The van der Waals surface area contributed by atoms with Gasteiger partial charge < -0.3 is 0 Å². The molecule has 1 aliphatic rings. The van der Waals surface area contributed by atoms with E-state index in [1.54, 1.807) is 4.90 Å². The Balaban J connectivity index is 1.89. The molecule has 30 heavy (non-hydrogen) atoms. The average Bonchev–Trinajstić information content (AvgIpc) is 2.77. The Labute approximate surface area is 177 Å². The molecule has 0 saturated heterocycles. The van der Waals surface area contributed by atoms with Crippen LogP contribution < -0.4 is 4.90 Å². The number of fused-ring (bicyclic) bond motifs is 1. The highest BCUT2D eigenvalue weighted by atomic mass is 16.2. The summed E-state index contributed by atoms with van der Waals surface area (Å²) < 4.78 is 0. The van der Waals surface area contributed by atoms with Crippen molar-refractivity contribution in [2.75, 3.05) is 4.90 Å². The number of para-hydroxylation sites is 1. The van der Waals surface area contributed by atoms with E-state index in [0.717, 1.165) is 16.9 Å². The largest absolute Gasteiger partial charge is 0.293 e. The van der Waals surface area contributed by atoms with Crippen LogP contribution in [0.5, 0.6) is 0 Å². The Morgan fingerprint density at radius 1 is 0.733 bits per heavy atom. The van der Waals surface area contributed by atoms with Crippen molar-refractivity contribution in [3.63, 3.8) is 0 Å². The maximum absolute atomic E-state index is 13.6. The molecule has 3 aromatic carbocycles. The van der Waals surface area contributed by atoms with E-state index < -0.39 is 5.92 Å². The van der Waals surface area contributed by atoms with Crippen LogP contribution in [0.2, 0.25) is 0 Å². The first-order valence-electron chi connectivity index (χ1n) is 10.2. The minimum atomic E-state index is -0.433. The van der Waals surface area contributed by atoms with E-state index in [2.05, 4.69) is 20.8 Å². The first-order chi connectivity index (χ1) is 14.4. The van der Waals surface area contributed by atoms with E-state index in [9.17, 15) is 9.59 Å². The third-order valence-electron chi connectivity index (χ3n) is 5.41. The molecule has 150 valence electrons. The van der Waals surface area contributed by atoms with Crippen molar-refractivity contribution in [2.24, 2.45) is 5.41 Å². The van der Waals surface area contributed by atoms with Crippen molar-refractivity contribution >= 4 is 17.4 Å². The summed E-state index contributed by atoms with van der Waals surface area (Å²) >= 11 is 0. The molecule has 1 atom stereocenters. The van der Waals surface area contributed by atoms with E-state index in [-0.39, 0.29) is 17.1 Å². The Morgan fingerprint density at radius 3 is 1.87 bits per heavy atom. The van der Waals surface area contributed by atoms with Gasteiger partial charge in [-0.2, -0.15) is 0 Å². The highest BCUT2D eigenvalue weighted by Gasteiger charge is 2.38. The molecule has 1 amide bonds. The number of carbonyl (C=O) groups excluding carboxylic acids is 2. The third kappa shape index (κ3) is 3.59. The van der Waals surface area contributed by atoms with Gasteiger partial charge in [0.05, 0.1) is 11.6 Å². The number of Topliss-reactive ketones (excluding diaryl/α,β-unsaturated/α-hetero) is 1. The molecule has 1 heterocycles. The molecule has 0 fully saturated rings. The predicted octanol–water partition coefficient (Wildman–Crippen LogP) is 6.24. The highest BCUT2D eigenvalue weighted by Crippen LogP contribution is 2.44. The van der Waals surface area contributed by atoms with Crippen LogP contribution in [-0.2, 0) is 0 Å². The lowest BCUT2D eigenvalue weighted by molar-refractivity contribution is 0.0960. The monoisotopic (exact) mass is 395 g/mol. The molecule has 0 radical (unpaired) electrons. The minimum absolute atomic E-state index is 0.0385. The van der Waals surface area contributed by atoms with Gasteiger partial charge in [-0.1, -0.05) is 87.5 Å². The molecule has 1 unspecified atom stereocenters. The van der Waals surface area contributed by atoms with Crippen LogP contribution in [0.1, 0.15) is 53.0 Å². The highest BCUT2D eigenvalue weighted by molar-refractivity contribution is 6.11. The summed E-state index contributed by atoms with van der Waals surface area (Å²) in [6.07, 6.45) is 1.97. The first kappa shape index (κ1) is 19.8. The molecule has 0 N–H and O–H groups in total. The van der Waals surface area contributed by atoms with Gasteiger partial charge in [0.1, 0.15) is 0 Å². The van der Waals surface area contributed by atoms with E-state index in [1.807, 2.05) is 91.0 Å². The minimum Gasteiger partial charge on any atom is -0.293 e. The summed E-state index contributed by atoms with van der Waals surface area (Å²) in [4.78, 5) is 28.8. The molecular formula is C27H25NO2. The second kappa shape index (κ2) is 7.75. The second-order valence-corrected chi connectivity index (χ2v) is 8.58. The van der Waals surface area contributed by atoms with Gasteiger partial charge in [0.2, 0.25) is 0 Å². The van der Waals surface area contributed by atoms with Crippen molar-refractivity contribution in [1.29, 1.82) is 0 Å². The quantitative estimate of drug-likeness (QED) is 0.492. The van der Waals surface area contributed by atoms with Gasteiger partial charge in [-0.25, -0.2) is 0 Å². The zero-order valence-electron chi connectivity index (χ0n) is 17.5. The first-order valence-corrected chi connectivity index (χ1v) is 10.2. The van der Waals surface area contributed by atoms with Crippen LogP contribution in [0.4, 0.5) is 5.69 Å². The lowest BCUT2D eigenvalue weighted by Crippen LogP contribution is -2.39. The number of nitrogens with zero attached hydrogens (tertiary/aromatic N) is 1. The van der Waals surface area contributed by atoms with E-state index >= 15 is 0 Å². The van der Waals surface area contributed by atoms with Crippen molar-refractivity contribution in [2.45, 2.75) is 26.7 Å². The van der Waals surface area contributed by atoms with Crippen LogP contribution in [0.25, 0.3) is 0 Å². The fraction of sp³-hybridized carbons (Fsp3) is 0.185. The number of benzene rings is 3. The third-order valence-corrected chi connectivity index (χ3v) is 5.41. The Morgan fingerprint density at radius 2 is 1.27 bits per heavy atom. The van der Waals surface area contributed by atoms with Crippen LogP contribution in [0.15, 0.2) is 96.7 Å². The van der Waals surface area contributed by atoms with Crippen LogP contribution in [-0.4, -0.2) is 11.7 Å². The topological polar surface area (TPSA) is 37.4 Å². The van der Waals surface area contributed by atoms with Crippen LogP contribution in [0, 0.1) is 5.41 Å². The predicted molar refractivity (Wildman–Crippen MR) is 121 cm³/mol. The SMILES string of the molecule is CC(C)(C)C1=CC(C(=O)c2ccccc2)c2ccccc2N1C(=O)c1ccccc1. The van der Waals surface area contributed by atoms with Crippen LogP contribution in [0.3, 0.4) is 0 Å². The number of carbonyl (C=O) groups is 2. The molecule has 0 aromatic heterocycles. The van der Waals surface area contributed by atoms with Gasteiger partial charge in [0.15, 0.2) is 5.78 Å². The second-order valence-electron chi connectivity index (χ2n) is 8.58. The standard InChI is InChI=1S/C27H25NO2/c1-27(2,3)24-18-22(25(29)19-12-6-4-7-13-19)21-16-10-11-17-23(21)28(24)26(30)20-14-8-5-9-15-20/h4-18,22H,1-3H3. The molecule has 0 bridgehead atoms. The number of amides is 1. The number of anilines is 1. The van der Waals surface area contributed by atoms with Crippen molar-refractivity contribution < 1.29 is 9.59 Å². The fourth-order valence-corrected chi connectivity index (χ4v) is 3.92. The molecule has 1 aliphatic heterocycles. The van der Waals surface area contributed by atoms with Crippen molar-refractivity contribution in [1.82, 2.24) is 0 Å². The van der Waals surface area contributed by atoms with E-state index in [4.69, 9.17) is 0 Å². The Kier molecular flexibility index (Phi) is 5.13. The van der Waals surface area contributed by atoms with Gasteiger partial charge in [-0.05, 0) is 29.8 Å². The summed E-state index contributed by atoms with van der Waals surface area (Å²) in [5.41, 5.74) is 3.42. The summed E-state index contributed by atoms with van der Waals surface area (Å²) in [5, 5.41) is 0. The summed E-state index contributed by atoms with van der Waals surface area (Å²) in [6.45, 7) is 6.21. The fourth-order valence-electron chi connectivity index (χ4n) is 3.92. The molecule has 3 heteroatoms. The maximum atomic E-state index is 13.6. The zero-order valence-corrected chi connectivity index (χ0v) is 17.5. The lowest BCUT2D eigenvalue weighted by atomic mass is 9.79. The molecule has 0 aliphatic carbocycles. The summed E-state index contributed by atoms with van der Waals surface area (Å²) in [7, 11) is 0.